The number of para-hydroxylation sites is 2. The Balaban J connectivity index is 1.17. The maximum Gasteiger partial charge on any atom is 0.0958 e. The molecule has 1 fully saturated rings. The second-order valence-corrected chi connectivity index (χ2v) is 8.26. The van der Waals surface area contributed by atoms with Crippen LogP contribution >= 0.6 is 23.2 Å². The molecule has 148 valence electrons. The molecule has 2 aromatic carbocycles. The summed E-state index contributed by atoms with van der Waals surface area (Å²) in [5, 5.41) is 1.43. The van der Waals surface area contributed by atoms with Crippen molar-refractivity contribution in [3.63, 3.8) is 0 Å². The number of aromatic nitrogens is 2. The average Bonchev–Trinajstić information content (AvgIpc) is 3.12. The van der Waals surface area contributed by atoms with Crippen LogP contribution in [-0.4, -0.2) is 47.2 Å². The molecule has 1 saturated heterocycles. The fourth-order valence-corrected chi connectivity index (χ4v) is 4.46. The summed E-state index contributed by atoms with van der Waals surface area (Å²) in [4.78, 5) is 9.39. The zero-order valence-electron chi connectivity index (χ0n) is 16.0. The molecule has 2 heterocycles. The van der Waals surface area contributed by atoms with Crippen molar-refractivity contribution in [3.8, 4) is 0 Å². The van der Waals surface area contributed by atoms with Gasteiger partial charge in [-0.15, -0.1) is 0 Å². The standard InChI is InChI=1S/C22H26Cl2N4/c23-18-8-9-21(19(24)16-18)27-14-12-26(13-15-27)10-4-1-5-11-28-17-25-20-6-2-3-7-22(20)28/h2-3,6-9,16-17H,1,4-5,10-15H2. The van der Waals surface area contributed by atoms with Crippen molar-refractivity contribution in [2.75, 3.05) is 37.6 Å². The minimum absolute atomic E-state index is 0.691. The Morgan fingerprint density at radius 3 is 2.46 bits per heavy atom. The van der Waals surface area contributed by atoms with Gasteiger partial charge in [-0.3, -0.25) is 4.90 Å². The van der Waals surface area contributed by atoms with Gasteiger partial charge in [0.1, 0.15) is 0 Å². The van der Waals surface area contributed by atoms with E-state index in [1.54, 1.807) is 0 Å². The molecule has 0 radical (unpaired) electrons. The van der Waals surface area contributed by atoms with Crippen LogP contribution in [-0.2, 0) is 6.54 Å². The highest BCUT2D eigenvalue weighted by molar-refractivity contribution is 6.36. The van der Waals surface area contributed by atoms with Crippen LogP contribution in [0.3, 0.4) is 0 Å². The van der Waals surface area contributed by atoms with Crippen LogP contribution in [0, 0.1) is 0 Å². The van der Waals surface area contributed by atoms with E-state index in [2.05, 4.69) is 37.5 Å². The predicted molar refractivity (Wildman–Crippen MR) is 119 cm³/mol. The van der Waals surface area contributed by atoms with Crippen LogP contribution in [0.4, 0.5) is 5.69 Å². The summed E-state index contributed by atoms with van der Waals surface area (Å²) in [5.41, 5.74) is 3.42. The third-order valence-corrected chi connectivity index (χ3v) is 6.06. The van der Waals surface area contributed by atoms with Gasteiger partial charge < -0.3 is 9.47 Å². The van der Waals surface area contributed by atoms with Gasteiger partial charge in [0.15, 0.2) is 0 Å². The molecule has 0 aliphatic carbocycles. The van der Waals surface area contributed by atoms with E-state index >= 15 is 0 Å². The number of imidazole rings is 1. The lowest BCUT2D eigenvalue weighted by atomic mass is 10.2. The van der Waals surface area contributed by atoms with Crippen LogP contribution < -0.4 is 4.90 Å². The molecule has 0 spiro atoms. The highest BCUT2D eigenvalue weighted by Crippen LogP contribution is 2.29. The molecule has 1 aliphatic heterocycles. The second-order valence-electron chi connectivity index (χ2n) is 7.41. The van der Waals surface area contributed by atoms with Crippen LogP contribution in [0.15, 0.2) is 48.8 Å². The largest absolute Gasteiger partial charge is 0.368 e. The number of piperazine rings is 1. The first-order valence-electron chi connectivity index (χ1n) is 10.0. The van der Waals surface area contributed by atoms with Crippen molar-refractivity contribution in [2.24, 2.45) is 0 Å². The molecule has 1 aromatic heterocycles. The van der Waals surface area contributed by atoms with E-state index in [1.807, 2.05) is 30.6 Å². The zero-order valence-corrected chi connectivity index (χ0v) is 17.5. The van der Waals surface area contributed by atoms with Gasteiger partial charge in [-0.1, -0.05) is 41.8 Å². The first kappa shape index (κ1) is 19.6. The Morgan fingerprint density at radius 1 is 0.857 bits per heavy atom. The van der Waals surface area contributed by atoms with Crippen LogP contribution in [0.1, 0.15) is 19.3 Å². The lowest BCUT2D eigenvalue weighted by molar-refractivity contribution is 0.251. The van der Waals surface area contributed by atoms with Gasteiger partial charge in [0.2, 0.25) is 0 Å². The monoisotopic (exact) mass is 416 g/mol. The van der Waals surface area contributed by atoms with Gasteiger partial charge in [0.25, 0.3) is 0 Å². The van der Waals surface area contributed by atoms with E-state index < -0.39 is 0 Å². The molecule has 0 amide bonds. The number of benzene rings is 2. The van der Waals surface area contributed by atoms with Crippen molar-refractivity contribution in [1.82, 2.24) is 14.5 Å². The Morgan fingerprint density at radius 2 is 1.64 bits per heavy atom. The summed E-state index contributed by atoms with van der Waals surface area (Å²) >= 11 is 12.4. The topological polar surface area (TPSA) is 24.3 Å². The maximum atomic E-state index is 6.35. The van der Waals surface area contributed by atoms with Crippen molar-refractivity contribution >= 4 is 39.9 Å². The fourth-order valence-electron chi connectivity index (χ4n) is 3.93. The van der Waals surface area contributed by atoms with E-state index in [4.69, 9.17) is 23.2 Å². The molecule has 0 N–H and O–H groups in total. The zero-order chi connectivity index (χ0) is 19.3. The van der Waals surface area contributed by atoms with Crippen molar-refractivity contribution < 1.29 is 0 Å². The molecule has 3 aromatic rings. The van der Waals surface area contributed by atoms with E-state index in [9.17, 15) is 0 Å². The molecule has 4 rings (SSSR count). The van der Waals surface area contributed by atoms with Crippen molar-refractivity contribution in [2.45, 2.75) is 25.8 Å². The molecule has 0 unspecified atom stereocenters. The van der Waals surface area contributed by atoms with E-state index in [0.29, 0.717) is 5.02 Å². The highest BCUT2D eigenvalue weighted by atomic mass is 35.5. The summed E-state index contributed by atoms with van der Waals surface area (Å²) in [7, 11) is 0. The number of hydrogen-bond donors (Lipinski definition) is 0. The Labute approximate surface area is 176 Å². The Kier molecular flexibility index (Phi) is 6.40. The lowest BCUT2D eigenvalue weighted by Gasteiger charge is -2.36. The lowest BCUT2D eigenvalue weighted by Crippen LogP contribution is -2.46. The smallest absolute Gasteiger partial charge is 0.0958 e. The number of unbranched alkanes of at least 4 members (excludes halogenated alkanes) is 2. The SMILES string of the molecule is Clc1ccc(N2CCN(CCCCCn3cnc4ccccc43)CC2)c(Cl)c1. The number of aryl methyl sites for hydroxylation is 1. The van der Waals surface area contributed by atoms with Crippen LogP contribution in [0.2, 0.25) is 10.0 Å². The molecule has 0 bridgehead atoms. The summed E-state index contributed by atoms with van der Waals surface area (Å²) in [6.07, 6.45) is 5.65. The van der Waals surface area contributed by atoms with Crippen molar-refractivity contribution in [3.05, 3.63) is 58.8 Å². The van der Waals surface area contributed by atoms with E-state index in [-0.39, 0.29) is 0 Å². The van der Waals surface area contributed by atoms with Gasteiger partial charge >= 0.3 is 0 Å². The number of hydrogen-bond acceptors (Lipinski definition) is 3. The quantitative estimate of drug-likeness (QED) is 0.486. The summed E-state index contributed by atoms with van der Waals surface area (Å²) < 4.78 is 2.27. The molecule has 28 heavy (non-hydrogen) atoms. The molecule has 6 heteroatoms. The van der Waals surface area contributed by atoms with Gasteiger partial charge in [0, 0.05) is 37.7 Å². The van der Waals surface area contributed by atoms with Gasteiger partial charge in [0.05, 0.1) is 28.1 Å². The third-order valence-electron chi connectivity index (χ3n) is 5.52. The van der Waals surface area contributed by atoms with E-state index in [0.717, 1.165) is 49.0 Å². The molecule has 1 aliphatic rings. The van der Waals surface area contributed by atoms with Crippen molar-refractivity contribution in [1.29, 1.82) is 0 Å². The minimum atomic E-state index is 0.691. The number of rotatable bonds is 7. The number of anilines is 1. The highest BCUT2D eigenvalue weighted by Gasteiger charge is 2.18. The first-order valence-corrected chi connectivity index (χ1v) is 10.8. The van der Waals surface area contributed by atoms with Crippen LogP contribution in [0.5, 0.6) is 0 Å². The fraction of sp³-hybridized carbons (Fsp3) is 0.409. The molecule has 0 saturated carbocycles. The van der Waals surface area contributed by atoms with Gasteiger partial charge in [-0.05, 0) is 49.7 Å². The summed E-state index contributed by atoms with van der Waals surface area (Å²) in [6, 6.07) is 14.1. The summed E-state index contributed by atoms with van der Waals surface area (Å²) in [5.74, 6) is 0. The summed E-state index contributed by atoms with van der Waals surface area (Å²) in [6.45, 7) is 6.43. The first-order chi connectivity index (χ1) is 13.7. The van der Waals surface area contributed by atoms with Crippen LogP contribution in [0.25, 0.3) is 11.0 Å². The minimum Gasteiger partial charge on any atom is -0.368 e. The average molecular weight is 417 g/mol. The normalized spacial score (nSPS) is 15.4. The molecular weight excluding hydrogens is 391 g/mol. The molecule has 4 nitrogen and oxygen atoms in total. The van der Waals surface area contributed by atoms with E-state index in [1.165, 1.54) is 31.3 Å². The number of fused-ring (bicyclic) bond motifs is 1. The molecule has 0 atom stereocenters. The van der Waals surface area contributed by atoms with Gasteiger partial charge in [-0.2, -0.15) is 0 Å². The van der Waals surface area contributed by atoms with Gasteiger partial charge in [-0.25, -0.2) is 4.98 Å². The number of halogens is 2. The Bertz CT molecular complexity index is 916. The third kappa shape index (κ3) is 4.62. The second kappa shape index (κ2) is 9.17. The number of nitrogens with zero attached hydrogens (tertiary/aromatic N) is 4. The predicted octanol–water partition coefficient (Wildman–Crippen LogP) is 5.34. The maximum absolute atomic E-state index is 6.35. The molecular formula is C22H26Cl2N4. The Hall–Kier alpha value is -1.75.